The maximum absolute atomic E-state index is 5.53. The van der Waals surface area contributed by atoms with Crippen LogP contribution in [0, 0.1) is 13.8 Å². The van der Waals surface area contributed by atoms with Gasteiger partial charge in [-0.25, -0.2) is 0 Å². The fourth-order valence-corrected chi connectivity index (χ4v) is 1.32. The van der Waals surface area contributed by atoms with Gasteiger partial charge in [-0.3, -0.25) is 11.1 Å². The van der Waals surface area contributed by atoms with Gasteiger partial charge in [0.25, 0.3) is 5.84 Å². The van der Waals surface area contributed by atoms with Crippen molar-refractivity contribution in [3.63, 3.8) is 0 Å². The minimum absolute atomic E-state index is 0.350. The van der Waals surface area contributed by atoms with Crippen molar-refractivity contribution >= 4 is 5.84 Å². The molecule has 3 nitrogen and oxygen atoms in total. The molecule has 0 aliphatic heterocycles. The maximum atomic E-state index is 5.53. The van der Waals surface area contributed by atoms with Crippen LogP contribution in [0.1, 0.15) is 16.7 Å². The van der Waals surface area contributed by atoms with Crippen molar-refractivity contribution in [1.29, 1.82) is 0 Å². The van der Waals surface area contributed by atoms with Gasteiger partial charge in [-0.15, -0.1) is 0 Å². The van der Waals surface area contributed by atoms with Crippen LogP contribution in [0.3, 0.4) is 0 Å². The van der Waals surface area contributed by atoms with Crippen molar-refractivity contribution in [2.45, 2.75) is 13.8 Å². The summed E-state index contributed by atoms with van der Waals surface area (Å²) in [6.07, 6.45) is 0. The van der Waals surface area contributed by atoms with Crippen LogP contribution in [-0.4, -0.2) is 12.9 Å². The number of aryl methyl sites for hydroxylation is 2. The van der Waals surface area contributed by atoms with Crippen molar-refractivity contribution in [2.75, 3.05) is 7.11 Å². The zero-order valence-electron chi connectivity index (χ0n) is 8.22. The van der Waals surface area contributed by atoms with E-state index in [9.17, 15) is 0 Å². The van der Waals surface area contributed by atoms with Crippen molar-refractivity contribution in [3.8, 4) is 5.75 Å². The Kier molecular flexibility index (Phi) is 2.56. The van der Waals surface area contributed by atoms with Gasteiger partial charge in [0, 0.05) is 0 Å². The number of amidine groups is 1. The molecule has 70 valence electrons. The van der Waals surface area contributed by atoms with Crippen molar-refractivity contribution in [3.05, 3.63) is 28.8 Å². The van der Waals surface area contributed by atoms with E-state index in [4.69, 9.17) is 15.9 Å². The molecule has 0 spiro atoms. The highest BCUT2D eigenvalue weighted by Gasteiger charge is 2.09. The van der Waals surface area contributed by atoms with Crippen LogP contribution in [0.4, 0.5) is 0 Å². The topological polar surface area (TPSA) is 60.8 Å². The molecule has 0 unspecified atom stereocenters. The Morgan fingerprint density at radius 1 is 1.31 bits per heavy atom. The highest BCUT2D eigenvalue weighted by Crippen LogP contribution is 2.21. The molecule has 1 aromatic carbocycles. The monoisotopic (exact) mass is 179 g/mol. The number of nitrogens with two attached hydrogens (primary N) is 2. The van der Waals surface area contributed by atoms with Gasteiger partial charge >= 0.3 is 0 Å². The standard InChI is InChI=1S/C10H14N2O/c1-6-5-9(13-3)7(2)4-8(6)10(11)12/h4-5H,1-3H3,(H3,11,12)/p+1. The fraction of sp³-hybridized carbons (Fsp3) is 0.300. The molecule has 1 aromatic rings. The Morgan fingerprint density at radius 3 is 2.38 bits per heavy atom. The molecule has 0 aromatic heterocycles. The van der Waals surface area contributed by atoms with Crippen LogP contribution in [-0.2, 0) is 0 Å². The minimum Gasteiger partial charge on any atom is -0.496 e. The van der Waals surface area contributed by atoms with Gasteiger partial charge in [0.1, 0.15) is 5.75 Å². The lowest BCUT2D eigenvalue weighted by Crippen LogP contribution is -2.46. The molecule has 0 aliphatic rings. The summed E-state index contributed by atoms with van der Waals surface area (Å²) in [5, 5.41) is 5.53. The molecule has 1 rings (SSSR count). The number of ether oxygens (including phenoxy) is 1. The highest BCUT2D eigenvalue weighted by atomic mass is 16.5. The van der Waals surface area contributed by atoms with Crippen LogP contribution in [0.5, 0.6) is 5.75 Å². The minimum atomic E-state index is 0.350. The number of hydrogen-bond donors (Lipinski definition) is 2. The lowest BCUT2D eigenvalue weighted by Gasteiger charge is -2.07. The molecule has 4 N–H and O–H groups in total. The summed E-state index contributed by atoms with van der Waals surface area (Å²) < 4.78 is 5.17. The van der Waals surface area contributed by atoms with Crippen LogP contribution >= 0.6 is 0 Å². The van der Waals surface area contributed by atoms with E-state index < -0.39 is 0 Å². The average Bonchev–Trinajstić information content (AvgIpc) is 2.07. The summed E-state index contributed by atoms with van der Waals surface area (Å²) in [5.41, 5.74) is 8.48. The number of hydrogen-bond acceptors (Lipinski definition) is 1. The summed E-state index contributed by atoms with van der Waals surface area (Å²) in [7, 11) is 1.65. The quantitative estimate of drug-likeness (QED) is 0.487. The van der Waals surface area contributed by atoms with Gasteiger partial charge < -0.3 is 4.74 Å². The van der Waals surface area contributed by atoms with Gasteiger partial charge in [0.15, 0.2) is 0 Å². The first-order chi connectivity index (χ1) is 6.06. The zero-order chi connectivity index (χ0) is 10.0. The molecule has 0 saturated carbocycles. The molecule has 0 bridgehead atoms. The predicted molar refractivity (Wildman–Crippen MR) is 52.7 cm³/mol. The summed E-state index contributed by atoms with van der Waals surface area (Å²) in [6, 6.07) is 3.87. The molecule has 0 fully saturated rings. The SMILES string of the molecule is COc1cc(C)c(C(N)=[NH2+])cc1C. The lowest BCUT2D eigenvalue weighted by molar-refractivity contribution is -0.114. The molecule has 0 saturated heterocycles. The summed E-state index contributed by atoms with van der Waals surface area (Å²) in [4.78, 5) is 0. The molecule has 0 amide bonds. The van der Waals surface area contributed by atoms with Crippen molar-refractivity contribution in [1.82, 2.24) is 0 Å². The van der Waals surface area contributed by atoms with Crippen molar-refractivity contribution in [2.24, 2.45) is 5.73 Å². The van der Waals surface area contributed by atoms with Gasteiger partial charge in [-0.1, -0.05) is 0 Å². The molecule has 0 radical (unpaired) electrons. The van der Waals surface area contributed by atoms with E-state index in [-0.39, 0.29) is 0 Å². The second kappa shape index (κ2) is 3.47. The zero-order valence-corrected chi connectivity index (χ0v) is 8.22. The molecule has 0 heterocycles. The van der Waals surface area contributed by atoms with E-state index in [2.05, 4.69) is 0 Å². The first kappa shape index (κ1) is 9.58. The number of benzene rings is 1. The Hall–Kier alpha value is -1.51. The summed E-state index contributed by atoms with van der Waals surface area (Å²) in [5.74, 6) is 1.21. The molecule has 3 heteroatoms. The van der Waals surface area contributed by atoms with E-state index >= 15 is 0 Å². The number of methoxy groups -OCH3 is 1. The summed E-state index contributed by atoms with van der Waals surface area (Å²) >= 11 is 0. The molecule has 13 heavy (non-hydrogen) atoms. The molecular weight excluding hydrogens is 164 g/mol. The van der Waals surface area contributed by atoms with E-state index in [0.717, 1.165) is 22.4 Å². The fourth-order valence-electron chi connectivity index (χ4n) is 1.32. The van der Waals surface area contributed by atoms with Crippen molar-refractivity contribution < 1.29 is 10.1 Å². The first-order valence-electron chi connectivity index (χ1n) is 4.09. The van der Waals surface area contributed by atoms with Crippen LogP contribution < -0.4 is 15.9 Å². The van der Waals surface area contributed by atoms with E-state index in [1.807, 2.05) is 26.0 Å². The van der Waals surface area contributed by atoms with E-state index in [1.165, 1.54) is 0 Å². The highest BCUT2D eigenvalue weighted by molar-refractivity contribution is 5.94. The lowest BCUT2D eigenvalue weighted by atomic mass is 10.0. The smallest absolute Gasteiger partial charge is 0.270 e. The van der Waals surface area contributed by atoms with Gasteiger partial charge in [0.05, 0.1) is 12.7 Å². The van der Waals surface area contributed by atoms with Crippen LogP contribution in [0.2, 0.25) is 0 Å². The van der Waals surface area contributed by atoms with Crippen LogP contribution in [0.25, 0.3) is 0 Å². The largest absolute Gasteiger partial charge is 0.496 e. The third kappa shape index (κ3) is 1.80. The number of rotatable bonds is 2. The second-order valence-electron chi connectivity index (χ2n) is 3.09. The third-order valence-electron chi connectivity index (χ3n) is 2.05. The van der Waals surface area contributed by atoms with E-state index in [0.29, 0.717) is 5.84 Å². The molecule has 0 aliphatic carbocycles. The van der Waals surface area contributed by atoms with Gasteiger partial charge in [-0.2, -0.15) is 0 Å². The normalized spacial score (nSPS) is 9.77. The maximum Gasteiger partial charge on any atom is 0.270 e. The van der Waals surface area contributed by atoms with Crippen LogP contribution in [0.15, 0.2) is 12.1 Å². The Labute approximate surface area is 78.0 Å². The second-order valence-corrected chi connectivity index (χ2v) is 3.09. The van der Waals surface area contributed by atoms with E-state index in [1.54, 1.807) is 7.11 Å². The average molecular weight is 179 g/mol. The summed E-state index contributed by atoms with van der Waals surface area (Å²) in [6.45, 7) is 3.92. The Bertz CT molecular complexity index is 345. The molecule has 0 atom stereocenters. The Balaban J connectivity index is 3.28. The Morgan fingerprint density at radius 2 is 1.92 bits per heavy atom. The first-order valence-corrected chi connectivity index (χ1v) is 4.09. The van der Waals surface area contributed by atoms with Gasteiger partial charge in [-0.05, 0) is 37.1 Å². The molecular formula is C10H15N2O+. The predicted octanol–water partition coefficient (Wildman–Crippen LogP) is -0.224. The third-order valence-corrected chi connectivity index (χ3v) is 2.05. The van der Waals surface area contributed by atoms with Gasteiger partial charge in [0.2, 0.25) is 0 Å².